The van der Waals surface area contributed by atoms with Crippen molar-refractivity contribution < 1.29 is 9.30 Å². The van der Waals surface area contributed by atoms with Crippen LogP contribution in [0.2, 0.25) is 0 Å². The van der Waals surface area contributed by atoms with Gasteiger partial charge in [-0.25, -0.2) is 0 Å². The fourth-order valence-corrected chi connectivity index (χ4v) is 5.42. The van der Waals surface area contributed by atoms with E-state index >= 15 is 0 Å². The molecule has 0 aliphatic rings. The normalized spacial score (nSPS) is 12.2. The van der Waals surface area contributed by atoms with Crippen molar-refractivity contribution >= 4 is 49.2 Å². The summed E-state index contributed by atoms with van der Waals surface area (Å²) >= 11 is 1.83. The van der Waals surface area contributed by atoms with Gasteiger partial charge >= 0.3 is 0 Å². The van der Waals surface area contributed by atoms with Gasteiger partial charge in [-0.15, -0.1) is 0 Å². The molecular formula is C30H26NOS+. The summed E-state index contributed by atoms with van der Waals surface area (Å²) in [6, 6.07) is 27.6. The Labute approximate surface area is 198 Å². The van der Waals surface area contributed by atoms with E-state index in [4.69, 9.17) is 4.74 Å². The molecule has 0 saturated carbocycles. The average Bonchev–Trinajstić information content (AvgIpc) is 3.21. The van der Waals surface area contributed by atoms with Crippen LogP contribution < -0.4 is 9.30 Å². The van der Waals surface area contributed by atoms with Gasteiger partial charge in [-0.1, -0.05) is 102 Å². The predicted octanol–water partition coefficient (Wildman–Crippen LogP) is 7.72. The Bertz CT molecular complexity index is 1520. The van der Waals surface area contributed by atoms with Crippen LogP contribution in [0, 0.1) is 0 Å². The molecule has 0 fully saturated rings. The number of nitrogens with zero attached hydrogens (tertiary/aromatic N) is 1. The lowest BCUT2D eigenvalue weighted by atomic mass is 10.1. The molecule has 2 nitrogen and oxygen atoms in total. The molecule has 0 radical (unpaired) electrons. The van der Waals surface area contributed by atoms with Crippen molar-refractivity contribution in [2.75, 3.05) is 6.61 Å². The molecule has 5 aromatic rings. The molecule has 5 rings (SSSR count). The molecule has 1 aromatic heterocycles. The lowest BCUT2D eigenvalue weighted by Crippen LogP contribution is -2.38. The Hall–Kier alpha value is -3.69. The highest BCUT2D eigenvalue weighted by Gasteiger charge is 2.20. The lowest BCUT2D eigenvalue weighted by Gasteiger charge is -2.08. The summed E-state index contributed by atoms with van der Waals surface area (Å²) in [5, 5.41) is 6.12. The molecular weight excluding hydrogens is 422 g/mol. The van der Waals surface area contributed by atoms with Crippen LogP contribution in [-0.4, -0.2) is 6.61 Å². The summed E-state index contributed by atoms with van der Waals surface area (Å²) in [5.41, 5.74) is 2.41. The molecule has 0 spiro atoms. The number of benzene rings is 4. The summed E-state index contributed by atoms with van der Waals surface area (Å²) in [5.74, 6) is 0.931. The first-order valence-electron chi connectivity index (χ1n) is 11.2. The number of thiazole rings is 1. The Morgan fingerprint density at radius 1 is 0.909 bits per heavy atom. The van der Waals surface area contributed by atoms with Crippen molar-refractivity contribution in [3.8, 4) is 5.75 Å². The van der Waals surface area contributed by atoms with E-state index in [-0.39, 0.29) is 0 Å². The van der Waals surface area contributed by atoms with E-state index < -0.39 is 0 Å². The van der Waals surface area contributed by atoms with Crippen LogP contribution in [0.4, 0.5) is 0 Å². The van der Waals surface area contributed by atoms with Crippen molar-refractivity contribution in [3.05, 3.63) is 114 Å². The lowest BCUT2D eigenvalue weighted by molar-refractivity contribution is -0.669. The molecule has 0 aliphatic heterocycles. The fraction of sp³-hybridized carbons (Fsp3) is 0.100. The van der Waals surface area contributed by atoms with Gasteiger partial charge in [0, 0.05) is 22.9 Å². The monoisotopic (exact) mass is 448 g/mol. The molecule has 0 saturated heterocycles. The van der Waals surface area contributed by atoms with Crippen molar-refractivity contribution in [2.24, 2.45) is 0 Å². The largest absolute Gasteiger partial charge is 0.486 e. The maximum atomic E-state index is 6.28. The molecule has 3 heteroatoms. The zero-order valence-corrected chi connectivity index (χ0v) is 19.5. The molecule has 4 aromatic carbocycles. The number of allylic oxidation sites excluding steroid dienone is 4. The summed E-state index contributed by atoms with van der Waals surface area (Å²) in [4.78, 5) is 0. The number of fused-ring (bicyclic) bond motifs is 4. The van der Waals surface area contributed by atoms with Crippen LogP contribution >= 0.6 is 11.3 Å². The minimum absolute atomic E-state index is 0.597. The molecule has 33 heavy (non-hydrogen) atoms. The average molecular weight is 449 g/mol. The topological polar surface area (TPSA) is 13.1 Å². The van der Waals surface area contributed by atoms with E-state index in [9.17, 15) is 0 Å². The van der Waals surface area contributed by atoms with Gasteiger partial charge in [0.15, 0.2) is 6.54 Å². The van der Waals surface area contributed by atoms with E-state index in [0.29, 0.717) is 6.61 Å². The Kier molecular flexibility index (Phi) is 6.05. The van der Waals surface area contributed by atoms with Crippen LogP contribution in [0.5, 0.6) is 5.75 Å². The SMILES string of the molecule is C=C/C=C(C)/C=C/c1sc2c3ccccc3ccc2[n+]1CCOc1cccc2ccccc12. The van der Waals surface area contributed by atoms with Gasteiger partial charge in [0.25, 0.3) is 5.01 Å². The molecule has 162 valence electrons. The molecule has 0 unspecified atom stereocenters. The van der Waals surface area contributed by atoms with Crippen molar-refractivity contribution in [1.82, 2.24) is 0 Å². The second-order valence-corrected chi connectivity index (χ2v) is 9.06. The first-order chi connectivity index (χ1) is 16.2. The predicted molar refractivity (Wildman–Crippen MR) is 142 cm³/mol. The van der Waals surface area contributed by atoms with Gasteiger partial charge in [0.2, 0.25) is 5.52 Å². The Morgan fingerprint density at radius 2 is 1.64 bits per heavy atom. The van der Waals surface area contributed by atoms with Crippen molar-refractivity contribution in [1.29, 1.82) is 0 Å². The third-order valence-corrected chi connectivity index (χ3v) is 7.01. The van der Waals surface area contributed by atoms with Crippen molar-refractivity contribution in [2.45, 2.75) is 13.5 Å². The molecule has 0 bridgehead atoms. The molecule has 1 heterocycles. The number of hydrogen-bond donors (Lipinski definition) is 0. The molecule has 0 atom stereocenters. The first-order valence-corrected chi connectivity index (χ1v) is 12.0. The van der Waals surface area contributed by atoms with Crippen LogP contribution in [0.3, 0.4) is 0 Å². The Balaban J connectivity index is 1.51. The zero-order chi connectivity index (χ0) is 22.6. The first kappa shape index (κ1) is 21.2. The number of rotatable bonds is 7. The van der Waals surface area contributed by atoms with Gasteiger partial charge in [-0.3, -0.25) is 0 Å². The maximum Gasteiger partial charge on any atom is 0.262 e. The van der Waals surface area contributed by atoms with Crippen LogP contribution in [0.15, 0.2) is 109 Å². The smallest absolute Gasteiger partial charge is 0.262 e. The van der Waals surface area contributed by atoms with Gasteiger partial charge in [0.05, 0.1) is 0 Å². The quantitative estimate of drug-likeness (QED) is 0.183. The van der Waals surface area contributed by atoms with Gasteiger partial charge in [-0.2, -0.15) is 4.57 Å². The van der Waals surface area contributed by atoms with Crippen LogP contribution in [0.1, 0.15) is 11.9 Å². The number of aromatic nitrogens is 1. The molecule has 0 amide bonds. The maximum absolute atomic E-state index is 6.28. The third kappa shape index (κ3) is 4.33. The third-order valence-electron chi connectivity index (χ3n) is 5.81. The summed E-state index contributed by atoms with van der Waals surface area (Å²) in [7, 11) is 0. The summed E-state index contributed by atoms with van der Waals surface area (Å²) in [6.45, 7) is 7.26. The van der Waals surface area contributed by atoms with E-state index in [1.54, 1.807) is 0 Å². The van der Waals surface area contributed by atoms with E-state index in [0.717, 1.165) is 17.7 Å². The summed E-state index contributed by atoms with van der Waals surface area (Å²) < 4.78 is 9.96. The highest BCUT2D eigenvalue weighted by molar-refractivity contribution is 7.19. The molecule has 0 N–H and O–H groups in total. The van der Waals surface area contributed by atoms with Gasteiger partial charge in [-0.05, 0) is 29.8 Å². The minimum Gasteiger partial charge on any atom is -0.486 e. The van der Waals surface area contributed by atoms with Crippen molar-refractivity contribution in [3.63, 3.8) is 0 Å². The zero-order valence-electron chi connectivity index (χ0n) is 18.7. The van der Waals surface area contributed by atoms with Gasteiger partial charge in [0.1, 0.15) is 17.1 Å². The number of hydrogen-bond acceptors (Lipinski definition) is 2. The highest BCUT2D eigenvalue weighted by Crippen LogP contribution is 2.30. The Morgan fingerprint density at radius 3 is 2.45 bits per heavy atom. The van der Waals surface area contributed by atoms with E-state index in [2.05, 4.69) is 109 Å². The number of ether oxygens (including phenoxy) is 1. The highest BCUT2D eigenvalue weighted by atomic mass is 32.1. The van der Waals surface area contributed by atoms with E-state index in [1.165, 1.54) is 37.0 Å². The van der Waals surface area contributed by atoms with Gasteiger partial charge < -0.3 is 4.74 Å². The minimum atomic E-state index is 0.597. The summed E-state index contributed by atoms with van der Waals surface area (Å²) in [6.07, 6.45) is 8.20. The second-order valence-electron chi connectivity index (χ2n) is 8.03. The standard InChI is InChI=1S/C30H26NOS/c1-3-9-22(2)16-19-29-31(27-18-17-24-11-5-7-14-26(24)30(27)33-29)20-21-32-28-15-8-12-23-10-4-6-13-25(23)28/h3-19H,1,20-21H2,2H3/q+1/b19-16+,22-9+. The molecule has 0 aliphatic carbocycles. The fourth-order valence-electron chi connectivity index (χ4n) is 4.20. The van der Waals surface area contributed by atoms with E-state index in [1.807, 2.05) is 23.5 Å². The second kappa shape index (κ2) is 9.43. The van der Waals surface area contributed by atoms with Crippen LogP contribution in [0.25, 0.3) is 37.8 Å². The van der Waals surface area contributed by atoms with Crippen LogP contribution in [-0.2, 0) is 6.54 Å².